The molecule has 0 radical (unpaired) electrons. The lowest BCUT2D eigenvalue weighted by atomic mass is 9.84. The van der Waals surface area contributed by atoms with E-state index in [9.17, 15) is 9.59 Å². The second kappa shape index (κ2) is 9.01. The van der Waals surface area contributed by atoms with E-state index in [-0.39, 0.29) is 17.9 Å². The SMILES string of the molecule is CC(=O)N1CCN(c2nc(NC(C)C3CCCCC3)c3c(n2)C(=O)N(C(C)C)C3)CC1. The fourth-order valence-corrected chi connectivity index (χ4v) is 5.04. The molecule has 1 N–H and O–H groups in total. The Morgan fingerprint density at radius 3 is 2.32 bits per heavy atom. The first-order valence-corrected chi connectivity index (χ1v) is 11.8. The maximum Gasteiger partial charge on any atom is 0.273 e. The highest BCUT2D eigenvalue weighted by Crippen LogP contribution is 2.33. The lowest BCUT2D eigenvalue weighted by Gasteiger charge is -2.34. The Morgan fingerprint density at radius 1 is 1.03 bits per heavy atom. The molecule has 2 fully saturated rings. The molecule has 0 aromatic carbocycles. The van der Waals surface area contributed by atoms with Gasteiger partial charge < -0.3 is 20.0 Å². The Bertz CT molecular complexity index is 828. The summed E-state index contributed by atoms with van der Waals surface area (Å²) in [5.74, 6) is 2.13. The number of hydrogen-bond acceptors (Lipinski definition) is 6. The third-order valence-electron chi connectivity index (χ3n) is 7.14. The minimum absolute atomic E-state index is 0.00982. The van der Waals surface area contributed by atoms with Crippen molar-refractivity contribution in [2.24, 2.45) is 5.92 Å². The molecule has 8 nitrogen and oxygen atoms in total. The molecule has 0 bridgehead atoms. The highest BCUT2D eigenvalue weighted by Gasteiger charge is 2.36. The van der Waals surface area contributed by atoms with Gasteiger partial charge in [-0.15, -0.1) is 0 Å². The van der Waals surface area contributed by atoms with Crippen molar-refractivity contribution in [2.75, 3.05) is 36.4 Å². The molecule has 3 heterocycles. The van der Waals surface area contributed by atoms with E-state index in [4.69, 9.17) is 9.97 Å². The molecule has 1 atom stereocenters. The maximum atomic E-state index is 13.1. The van der Waals surface area contributed by atoms with Crippen LogP contribution in [0, 0.1) is 5.92 Å². The molecule has 1 saturated carbocycles. The van der Waals surface area contributed by atoms with Gasteiger partial charge in [0.25, 0.3) is 5.91 Å². The summed E-state index contributed by atoms with van der Waals surface area (Å²) in [5.41, 5.74) is 1.46. The minimum atomic E-state index is -0.00982. The second-order valence-electron chi connectivity index (χ2n) is 9.55. The molecule has 4 rings (SSSR count). The van der Waals surface area contributed by atoms with Crippen molar-refractivity contribution in [3.05, 3.63) is 11.3 Å². The molecule has 31 heavy (non-hydrogen) atoms. The number of carbonyl (C=O) groups is 2. The van der Waals surface area contributed by atoms with Crippen LogP contribution in [0.25, 0.3) is 0 Å². The summed E-state index contributed by atoms with van der Waals surface area (Å²) in [6, 6.07) is 0.429. The fraction of sp³-hybridized carbons (Fsp3) is 0.739. The zero-order valence-corrected chi connectivity index (χ0v) is 19.4. The maximum absolute atomic E-state index is 13.1. The molecule has 8 heteroatoms. The zero-order valence-electron chi connectivity index (χ0n) is 19.4. The summed E-state index contributed by atoms with van der Waals surface area (Å²) in [4.78, 5) is 40.2. The van der Waals surface area contributed by atoms with Crippen molar-refractivity contribution in [3.63, 3.8) is 0 Å². The number of aromatic nitrogens is 2. The summed E-state index contributed by atoms with van der Waals surface area (Å²) in [7, 11) is 0. The van der Waals surface area contributed by atoms with Crippen LogP contribution in [0.15, 0.2) is 0 Å². The van der Waals surface area contributed by atoms with Gasteiger partial charge >= 0.3 is 0 Å². The molecule has 1 aromatic heterocycles. The van der Waals surface area contributed by atoms with Gasteiger partial charge in [-0.1, -0.05) is 19.3 Å². The fourth-order valence-electron chi connectivity index (χ4n) is 5.04. The second-order valence-corrected chi connectivity index (χ2v) is 9.55. The highest BCUT2D eigenvalue weighted by atomic mass is 16.2. The van der Waals surface area contributed by atoms with Crippen LogP contribution in [0.2, 0.25) is 0 Å². The molecule has 2 amide bonds. The van der Waals surface area contributed by atoms with Crippen LogP contribution in [0.4, 0.5) is 11.8 Å². The van der Waals surface area contributed by atoms with Crippen LogP contribution in [0.1, 0.15) is 75.9 Å². The van der Waals surface area contributed by atoms with Crippen LogP contribution < -0.4 is 10.2 Å². The van der Waals surface area contributed by atoms with Gasteiger partial charge in [0.15, 0.2) is 0 Å². The van der Waals surface area contributed by atoms with Crippen LogP contribution in [0.3, 0.4) is 0 Å². The van der Waals surface area contributed by atoms with Crippen LogP contribution >= 0.6 is 0 Å². The number of fused-ring (bicyclic) bond motifs is 1. The van der Waals surface area contributed by atoms with E-state index in [1.165, 1.54) is 32.1 Å². The Morgan fingerprint density at radius 2 is 1.71 bits per heavy atom. The van der Waals surface area contributed by atoms with Crippen molar-refractivity contribution < 1.29 is 9.59 Å². The smallest absolute Gasteiger partial charge is 0.273 e. The predicted molar refractivity (Wildman–Crippen MR) is 121 cm³/mol. The molecule has 2 aliphatic heterocycles. The van der Waals surface area contributed by atoms with Crippen molar-refractivity contribution in [1.82, 2.24) is 19.8 Å². The lowest BCUT2D eigenvalue weighted by molar-refractivity contribution is -0.129. The molecular weight excluding hydrogens is 392 g/mol. The number of piperazine rings is 1. The Kier molecular flexibility index (Phi) is 6.34. The van der Waals surface area contributed by atoms with Crippen LogP contribution in [-0.2, 0) is 11.3 Å². The quantitative estimate of drug-likeness (QED) is 0.777. The number of amides is 2. The summed E-state index contributed by atoms with van der Waals surface area (Å²) in [5, 5.41) is 3.68. The third kappa shape index (κ3) is 4.48. The average molecular weight is 429 g/mol. The molecule has 1 saturated heterocycles. The first-order chi connectivity index (χ1) is 14.8. The summed E-state index contributed by atoms with van der Waals surface area (Å²) in [6.07, 6.45) is 6.42. The van der Waals surface area contributed by atoms with Gasteiger partial charge in [0.1, 0.15) is 11.5 Å². The number of carbonyl (C=O) groups excluding carboxylic acids is 2. The standard InChI is InChI=1S/C23H36N6O2/c1-15(2)29-14-19-20(22(29)31)25-23(28-12-10-27(11-13-28)17(4)30)26-21(19)24-16(3)18-8-6-5-7-9-18/h15-16,18H,5-14H2,1-4H3,(H,24,25,26). The zero-order chi connectivity index (χ0) is 22.1. The predicted octanol–water partition coefficient (Wildman–Crippen LogP) is 2.89. The van der Waals surface area contributed by atoms with Crippen molar-refractivity contribution in [3.8, 4) is 0 Å². The van der Waals surface area contributed by atoms with Gasteiger partial charge in [0, 0.05) is 50.7 Å². The largest absolute Gasteiger partial charge is 0.367 e. The molecule has 1 aromatic rings. The first-order valence-electron chi connectivity index (χ1n) is 11.8. The number of hydrogen-bond donors (Lipinski definition) is 1. The van der Waals surface area contributed by atoms with E-state index in [0.717, 1.165) is 11.4 Å². The minimum Gasteiger partial charge on any atom is -0.367 e. The van der Waals surface area contributed by atoms with Gasteiger partial charge in [-0.05, 0) is 39.5 Å². The molecule has 1 aliphatic carbocycles. The van der Waals surface area contributed by atoms with Crippen LogP contribution in [0.5, 0.6) is 0 Å². The summed E-state index contributed by atoms with van der Waals surface area (Å²) < 4.78 is 0. The van der Waals surface area contributed by atoms with E-state index in [2.05, 4.69) is 17.1 Å². The Hall–Kier alpha value is -2.38. The van der Waals surface area contributed by atoms with Gasteiger partial charge in [0.2, 0.25) is 11.9 Å². The van der Waals surface area contributed by atoms with E-state index in [1.807, 2.05) is 23.6 Å². The normalized spacial score (nSPS) is 20.9. The number of anilines is 2. The van der Waals surface area contributed by atoms with Crippen molar-refractivity contribution in [1.29, 1.82) is 0 Å². The van der Waals surface area contributed by atoms with E-state index in [1.54, 1.807) is 6.92 Å². The van der Waals surface area contributed by atoms with E-state index in [0.29, 0.717) is 56.3 Å². The van der Waals surface area contributed by atoms with Gasteiger partial charge in [-0.2, -0.15) is 4.98 Å². The van der Waals surface area contributed by atoms with E-state index < -0.39 is 0 Å². The van der Waals surface area contributed by atoms with Gasteiger partial charge in [-0.3, -0.25) is 9.59 Å². The average Bonchev–Trinajstić information content (AvgIpc) is 3.11. The molecule has 1 unspecified atom stereocenters. The van der Waals surface area contributed by atoms with E-state index >= 15 is 0 Å². The van der Waals surface area contributed by atoms with Gasteiger partial charge in [0.05, 0.1) is 6.54 Å². The number of nitrogens with one attached hydrogen (secondary N) is 1. The Balaban J connectivity index is 1.61. The summed E-state index contributed by atoms with van der Waals surface area (Å²) >= 11 is 0. The highest BCUT2D eigenvalue weighted by molar-refractivity contribution is 5.98. The molecule has 170 valence electrons. The monoisotopic (exact) mass is 428 g/mol. The molecule has 0 spiro atoms. The number of nitrogens with zero attached hydrogens (tertiary/aromatic N) is 5. The Labute approximate surface area is 185 Å². The first kappa shape index (κ1) is 21.8. The molecule has 3 aliphatic rings. The molecular formula is C23H36N6O2. The number of rotatable bonds is 5. The van der Waals surface area contributed by atoms with Crippen molar-refractivity contribution >= 4 is 23.6 Å². The summed E-state index contributed by atoms with van der Waals surface area (Å²) in [6.45, 7) is 11.2. The van der Waals surface area contributed by atoms with Gasteiger partial charge in [-0.25, -0.2) is 4.98 Å². The lowest BCUT2D eigenvalue weighted by Crippen LogP contribution is -2.48. The topological polar surface area (TPSA) is 81.7 Å². The third-order valence-corrected chi connectivity index (χ3v) is 7.14. The van der Waals surface area contributed by atoms with Crippen LogP contribution in [-0.4, -0.2) is 69.8 Å². The van der Waals surface area contributed by atoms with Crippen molar-refractivity contribution in [2.45, 2.75) is 78.4 Å².